The molecule has 0 aliphatic heterocycles. The zero-order valence-corrected chi connectivity index (χ0v) is 13.5. The van der Waals surface area contributed by atoms with E-state index in [2.05, 4.69) is 20.6 Å². The lowest BCUT2D eigenvalue weighted by molar-refractivity contribution is 0.0787. The average molecular weight is 323 g/mol. The van der Waals surface area contributed by atoms with Crippen LogP contribution in [0.15, 0.2) is 18.2 Å². The molecule has 1 amide bonds. The molecule has 0 bridgehead atoms. The fourth-order valence-corrected chi connectivity index (χ4v) is 2.68. The number of rotatable bonds is 6. The summed E-state index contributed by atoms with van der Waals surface area (Å²) in [6.45, 7) is 2.37. The molecule has 2 rings (SSSR count). The number of carbonyl (C=O) groups is 1. The first-order valence-electron chi connectivity index (χ1n) is 6.79. The average Bonchev–Trinajstić information content (AvgIpc) is 3.03. The molecule has 6 nitrogen and oxygen atoms in total. The van der Waals surface area contributed by atoms with Crippen LogP contribution in [0.1, 0.15) is 34.6 Å². The van der Waals surface area contributed by atoms with Gasteiger partial charge in [-0.25, -0.2) is 4.39 Å². The van der Waals surface area contributed by atoms with Gasteiger partial charge in [-0.1, -0.05) is 12.1 Å². The maximum Gasteiger partial charge on any atom is 0.253 e. The van der Waals surface area contributed by atoms with Crippen LogP contribution < -0.4 is 0 Å². The number of aromatic amines is 1. The van der Waals surface area contributed by atoms with Gasteiger partial charge in [0.2, 0.25) is 0 Å². The first-order valence-corrected chi connectivity index (χ1v) is 8.18. The predicted molar refractivity (Wildman–Crippen MR) is 83.2 cm³/mol. The van der Waals surface area contributed by atoms with Gasteiger partial charge in [-0.15, -0.1) is 10.2 Å². The van der Waals surface area contributed by atoms with Crippen molar-refractivity contribution in [3.8, 4) is 0 Å². The molecule has 0 saturated carbocycles. The molecule has 2 aromatic rings. The fraction of sp³-hybridized carbons (Fsp3) is 0.429. The summed E-state index contributed by atoms with van der Waals surface area (Å²) in [6.07, 6.45) is 1.90. The Bertz CT molecular complexity index is 634. The van der Waals surface area contributed by atoms with Gasteiger partial charge in [0.05, 0.1) is 0 Å². The summed E-state index contributed by atoms with van der Waals surface area (Å²) < 4.78 is 13.7. The third kappa shape index (κ3) is 3.82. The lowest BCUT2D eigenvalue weighted by Crippen LogP contribution is -2.30. The van der Waals surface area contributed by atoms with Crippen molar-refractivity contribution in [2.24, 2.45) is 0 Å². The van der Waals surface area contributed by atoms with Crippen LogP contribution in [0.2, 0.25) is 0 Å². The Morgan fingerprint density at radius 2 is 2.27 bits per heavy atom. The Morgan fingerprint density at radius 3 is 2.91 bits per heavy atom. The van der Waals surface area contributed by atoms with E-state index < -0.39 is 0 Å². The molecule has 0 spiro atoms. The molecule has 0 aliphatic rings. The van der Waals surface area contributed by atoms with Crippen molar-refractivity contribution in [3.05, 3.63) is 41.0 Å². The van der Waals surface area contributed by atoms with Gasteiger partial charge in [-0.05, 0) is 30.0 Å². The molecule has 0 radical (unpaired) electrons. The summed E-state index contributed by atoms with van der Waals surface area (Å²) in [5, 5.41) is 13.7. The van der Waals surface area contributed by atoms with Gasteiger partial charge in [0, 0.05) is 30.8 Å². The number of amides is 1. The molecule has 0 saturated heterocycles. The van der Waals surface area contributed by atoms with Gasteiger partial charge in [-0.2, -0.15) is 17.0 Å². The van der Waals surface area contributed by atoms with Crippen LogP contribution in [0, 0.1) is 5.82 Å². The Labute approximate surface area is 132 Å². The van der Waals surface area contributed by atoms with Gasteiger partial charge in [0.15, 0.2) is 5.82 Å². The van der Waals surface area contributed by atoms with Crippen molar-refractivity contribution in [2.75, 3.05) is 19.8 Å². The summed E-state index contributed by atoms with van der Waals surface area (Å²) in [6, 6.07) is 4.47. The molecule has 22 heavy (non-hydrogen) atoms. The number of hydrogen-bond donors (Lipinski definition) is 1. The Balaban J connectivity index is 2.08. The number of halogens is 1. The number of nitrogens with one attached hydrogen (secondary N) is 1. The molecule has 118 valence electrons. The second kappa shape index (κ2) is 7.35. The van der Waals surface area contributed by atoms with Crippen LogP contribution in [0.5, 0.6) is 0 Å². The van der Waals surface area contributed by atoms with E-state index in [1.54, 1.807) is 18.0 Å². The third-order valence-electron chi connectivity index (χ3n) is 3.29. The number of tetrazole rings is 1. The topological polar surface area (TPSA) is 74.8 Å². The maximum absolute atomic E-state index is 13.7. The molecule has 1 aromatic carbocycles. The number of aromatic nitrogens is 4. The molecule has 0 aliphatic carbocycles. The summed E-state index contributed by atoms with van der Waals surface area (Å²) >= 11 is 1.51. The van der Waals surface area contributed by atoms with Crippen LogP contribution in [0.3, 0.4) is 0 Å². The van der Waals surface area contributed by atoms with Gasteiger partial charge in [0.1, 0.15) is 5.82 Å². The van der Waals surface area contributed by atoms with Gasteiger partial charge in [0.25, 0.3) is 5.91 Å². The number of nitrogens with zero attached hydrogens (tertiary/aromatic N) is 4. The number of H-pyrrole nitrogens is 1. The molecule has 1 heterocycles. The standard InChI is InChI=1S/C14H18FN5OS/c1-9(13-16-18-19-17-13)7-20(2)14(21)10-4-5-12(15)11(6-10)8-22-3/h4-6,9H,7-8H2,1-3H3,(H,16,17,18,19). The number of carbonyl (C=O) groups excluding carboxylic acids is 1. The first-order chi connectivity index (χ1) is 10.5. The Morgan fingerprint density at radius 1 is 1.50 bits per heavy atom. The highest BCUT2D eigenvalue weighted by molar-refractivity contribution is 7.97. The minimum atomic E-state index is -0.284. The van der Waals surface area contributed by atoms with Crippen molar-refractivity contribution in [1.29, 1.82) is 0 Å². The van der Waals surface area contributed by atoms with Crippen molar-refractivity contribution in [3.63, 3.8) is 0 Å². The summed E-state index contributed by atoms with van der Waals surface area (Å²) in [5.41, 5.74) is 1.02. The molecular weight excluding hydrogens is 305 g/mol. The zero-order valence-electron chi connectivity index (χ0n) is 12.7. The highest BCUT2D eigenvalue weighted by Crippen LogP contribution is 2.18. The summed E-state index contributed by atoms with van der Waals surface area (Å²) in [4.78, 5) is 14.0. The molecule has 1 N–H and O–H groups in total. The minimum absolute atomic E-state index is 0.0428. The maximum atomic E-state index is 13.7. The second-order valence-corrected chi connectivity index (χ2v) is 5.96. The predicted octanol–water partition coefficient (Wildman–Crippen LogP) is 2.08. The molecule has 1 aromatic heterocycles. The van der Waals surface area contributed by atoms with E-state index in [0.29, 0.717) is 29.2 Å². The van der Waals surface area contributed by atoms with Gasteiger partial charge >= 0.3 is 0 Å². The summed E-state index contributed by atoms with van der Waals surface area (Å²) in [7, 11) is 1.70. The largest absolute Gasteiger partial charge is 0.341 e. The van der Waals surface area contributed by atoms with Crippen molar-refractivity contribution < 1.29 is 9.18 Å². The molecular formula is C14H18FN5OS. The van der Waals surface area contributed by atoms with Crippen LogP contribution in [-0.2, 0) is 5.75 Å². The number of benzene rings is 1. The normalized spacial score (nSPS) is 12.2. The van der Waals surface area contributed by atoms with Crippen molar-refractivity contribution in [2.45, 2.75) is 18.6 Å². The lowest BCUT2D eigenvalue weighted by atomic mass is 10.1. The van der Waals surface area contributed by atoms with Crippen LogP contribution in [-0.4, -0.2) is 51.3 Å². The Hall–Kier alpha value is -1.96. The monoisotopic (exact) mass is 323 g/mol. The fourth-order valence-electron chi connectivity index (χ4n) is 2.15. The molecule has 1 atom stereocenters. The van der Waals surface area contributed by atoms with Crippen LogP contribution in [0.25, 0.3) is 0 Å². The van der Waals surface area contributed by atoms with Gasteiger partial charge < -0.3 is 4.90 Å². The lowest BCUT2D eigenvalue weighted by Gasteiger charge is -2.20. The van der Waals surface area contributed by atoms with E-state index in [4.69, 9.17) is 0 Å². The van der Waals surface area contributed by atoms with E-state index >= 15 is 0 Å². The van der Waals surface area contributed by atoms with Gasteiger partial charge in [-0.3, -0.25) is 4.79 Å². The van der Waals surface area contributed by atoms with E-state index in [9.17, 15) is 9.18 Å². The number of hydrogen-bond acceptors (Lipinski definition) is 5. The smallest absolute Gasteiger partial charge is 0.253 e. The zero-order chi connectivity index (χ0) is 16.1. The number of likely N-dealkylation sites (N-methyl/N-ethyl adjacent to an activating group) is 1. The highest BCUT2D eigenvalue weighted by Gasteiger charge is 2.19. The molecule has 8 heteroatoms. The highest BCUT2D eigenvalue weighted by atomic mass is 32.2. The van der Waals surface area contributed by atoms with E-state index in [1.165, 1.54) is 23.9 Å². The number of thioether (sulfide) groups is 1. The van der Waals surface area contributed by atoms with Crippen LogP contribution >= 0.6 is 11.8 Å². The molecule has 1 unspecified atom stereocenters. The quantitative estimate of drug-likeness (QED) is 0.881. The summed E-state index contributed by atoms with van der Waals surface area (Å²) in [5.74, 6) is 0.614. The first kappa shape index (κ1) is 16.4. The van der Waals surface area contributed by atoms with Crippen LogP contribution in [0.4, 0.5) is 4.39 Å². The molecule has 0 fully saturated rings. The second-order valence-electron chi connectivity index (χ2n) is 5.10. The van der Waals surface area contributed by atoms with Crippen molar-refractivity contribution in [1.82, 2.24) is 25.5 Å². The van der Waals surface area contributed by atoms with E-state index in [1.807, 2.05) is 13.2 Å². The minimum Gasteiger partial charge on any atom is -0.341 e. The Kier molecular flexibility index (Phi) is 5.48. The van der Waals surface area contributed by atoms with Crippen molar-refractivity contribution >= 4 is 17.7 Å². The van der Waals surface area contributed by atoms with E-state index in [-0.39, 0.29) is 17.6 Å². The SMILES string of the molecule is CSCc1cc(C(=O)N(C)CC(C)c2nn[nH]n2)ccc1F. The van der Waals surface area contributed by atoms with E-state index in [0.717, 1.165) is 0 Å². The third-order valence-corrected chi connectivity index (χ3v) is 3.89.